The van der Waals surface area contributed by atoms with Crippen molar-refractivity contribution in [3.8, 4) is 5.75 Å². The maximum Gasteiger partial charge on any atom is 0.265 e. The summed E-state index contributed by atoms with van der Waals surface area (Å²) < 4.78 is 27.8. The molecule has 0 saturated heterocycles. The molecule has 8 heteroatoms. The molecule has 0 radical (unpaired) electrons. The second kappa shape index (κ2) is 6.99. The van der Waals surface area contributed by atoms with Gasteiger partial charge in [0.1, 0.15) is 5.75 Å². The lowest BCUT2D eigenvalue weighted by Crippen LogP contribution is -2.30. The molecule has 0 heterocycles. The highest BCUT2D eigenvalue weighted by atomic mass is 35.5. The molecule has 0 aliphatic carbocycles. The zero-order valence-electron chi connectivity index (χ0n) is 12.2. The highest BCUT2D eigenvalue weighted by Gasteiger charge is 2.16. The minimum atomic E-state index is -3.76. The average Bonchev–Trinajstić information content (AvgIpc) is 2.49. The number of sulfonamides is 1. The highest BCUT2D eigenvalue weighted by Crippen LogP contribution is 2.24. The molecule has 1 amide bonds. The first-order valence-electron chi connectivity index (χ1n) is 6.62. The zero-order chi connectivity index (χ0) is 17.0. The lowest BCUT2D eigenvalue weighted by molar-refractivity contribution is -0.122. The van der Waals surface area contributed by atoms with Crippen LogP contribution in [0.3, 0.4) is 0 Å². The van der Waals surface area contributed by atoms with Gasteiger partial charge in [-0.25, -0.2) is 13.6 Å². The summed E-state index contributed by atoms with van der Waals surface area (Å²) in [4.78, 5) is 12.1. The van der Waals surface area contributed by atoms with Crippen LogP contribution in [-0.2, 0) is 14.8 Å². The molecule has 0 aromatic heterocycles. The van der Waals surface area contributed by atoms with E-state index in [2.05, 4.69) is 5.32 Å². The van der Waals surface area contributed by atoms with Gasteiger partial charge in [0.2, 0.25) is 10.0 Å². The summed E-state index contributed by atoms with van der Waals surface area (Å²) in [5.74, 6) is 0.00895. The minimum absolute atomic E-state index is 0.0316. The van der Waals surface area contributed by atoms with Crippen molar-refractivity contribution in [3.05, 3.63) is 53.6 Å². The first-order valence-corrected chi connectivity index (χ1v) is 8.55. The van der Waals surface area contributed by atoms with Gasteiger partial charge in [0.25, 0.3) is 5.91 Å². The second-order valence-electron chi connectivity index (χ2n) is 4.75. The second-order valence-corrected chi connectivity index (χ2v) is 6.72. The third-order valence-corrected chi connectivity index (χ3v) is 4.20. The minimum Gasteiger partial charge on any atom is -0.479 e. The van der Waals surface area contributed by atoms with E-state index < -0.39 is 22.0 Å². The van der Waals surface area contributed by atoms with Crippen molar-refractivity contribution >= 4 is 33.2 Å². The molecule has 3 N–H and O–H groups in total. The van der Waals surface area contributed by atoms with Gasteiger partial charge < -0.3 is 10.1 Å². The van der Waals surface area contributed by atoms with Crippen LogP contribution in [0.2, 0.25) is 5.02 Å². The molecule has 2 aromatic rings. The molecule has 23 heavy (non-hydrogen) atoms. The van der Waals surface area contributed by atoms with Crippen LogP contribution in [-0.4, -0.2) is 20.4 Å². The Kier molecular flexibility index (Phi) is 5.25. The number of halogens is 1. The molecule has 1 unspecified atom stereocenters. The largest absolute Gasteiger partial charge is 0.479 e. The van der Waals surface area contributed by atoms with Crippen molar-refractivity contribution in [1.29, 1.82) is 0 Å². The Bertz CT molecular complexity index is 806. The standard InChI is InChI=1S/C15H15ClN2O4S/c1-10(22-14-5-3-2-4-13(14)16)15(19)18-11-6-8-12(9-7-11)23(17,20)21/h2-10H,1H3,(H,18,19)(H2,17,20,21). The molecular weight excluding hydrogens is 340 g/mol. The highest BCUT2D eigenvalue weighted by molar-refractivity contribution is 7.89. The van der Waals surface area contributed by atoms with Crippen LogP contribution in [0, 0.1) is 0 Å². The molecule has 6 nitrogen and oxygen atoms in total. The van der Waals surface area contributed by atoms with Crippen LogP contribution in [0.5, 0.6) is 5.75 Å². The summed E-state index contributed by atoms with van der Waals surface area (Å²) in [6.45, 7) is 1.58. The summed E-state index contributed by atoms with van der Waals surface area (Å²) in [6, 6.07) is 12.3. The Morgan fingerprint density at radius 3 is 2.35 bits per heavy atom. The Morgan fingerprint density at radius 2 is 1.78 bits per heavy atom. The number of primary sulfonamides is 1. The Labute approximate surface area is 139 Å². The Hall–Kier alpha value is -2.09. The Morgan fingerprint density at radius 1 is 1.17 bits per heavy atom. The fourth-order valence-corrected chi connectivity index (χ4v) is 2.45. The maximum atomic E-state index is 12.1. The van der Waals surface area contributed by atoms with Gasteiger partial charge in [-0.05, 0) is 43.3 Å². The van der Waals surface area contributed by atoms with Crippen LogP contribution in [0.4, 0.5) is 5.69 Å². The summed E-state index contributed by atoms with van der Waals surface area (Å²) in [6.07, 6.45) is -0.784. The monoisotopic (exact) mass is 354 g/mol. The van der Waals surface area contributed by atoms with E-state index in [1.54, 1.807) is 31.2 Å². The summed E-state index contributed by atoms with van der Waals surface area (Å²) >= 11 is 5.97. The van der Waals surface area contributed by atoms with E-state index in [0.29, 0.717) is 16.5 Å². The average molecular weight is 355 g/mol. The Balaban J connectivity index is 2.02. The van der Waals surface area contributed by atoms with Gasteiger partial charge in [0.05, 0.1) is 9.92 Å². The van der Waals surface area contributed by atoms with E-state index in [-0.39, 0.29) is 4.90 Å². The molecule has 122 valence electrons. The molecule has 0 spiro atoms. The molecule has 0 fully saturated rings. The summed E-state index contributed by atoms with van der Waals surface area (Å²) in [5.41, 5.74) is 0.428. The van der Waals surface area contributed by atoms with Crippen molar-refractivity contribution in [2.75, 3.05) is 5.32 Å². The van der Waals surface area contributed by atoms with E-state index in [1.807, 2.05) is 0 Å². The number of hydrogen-bond donors (Lipinski definition) is 2. The fourth-order valence-electron chi connectivity index (χ4n) is 1.76. The van der Waals surface area contributed by atoms with Crippen molar-refractivity contribution in [3.63, 3.8) is 0 Å². The van der Waals surface area contributed by atoms with Gasteiger partial charge in [-0.3, -0.25) is 4.79 Å². The molecule has 0 saturated carbocycles. The number of amides is 1. The molecule has 1 atom stereocenters. The number of benzene rings is 2. The first-order chi connectivity index (χ1) is 10.8. The van der Waals surface area contributed by atoms with Crippen LogP contribution in [0.15, 0.2) is 53.4 Å². The van der Waals surface area contributed by atoms with Crippen LogP contribution in [0.1, 0.15) is 6.92 Å². The smallest absolute Gasteiger partial charge is 0.265 e. The molecule has 2 aromatic carbocycles. The third-order valence-electron chi connectivity index (χ3n) is 2.96. The van der Waals surface area contributed by atoms with E-state index in [4.69, 9.17) is 21.5 Å². The fraction of sp³-hybridized carbons (Fsp3) is 0.133. The molecule has 0 aliphatic heterocycles. The van der Waals surface area contributed by atoms with Crippen molar-refractivity contribution in [2.45, 2.75) is 17.9 Å². The van der Waals surface area contributed by atoms with Crippen LogP contribution >= 0.6 is 11.6 Å². The summed E-state index contributed by atoms with van der Waals surface area (Å²) in [7, 11) is -3.76. The van der Waals surface area contributed by atoms with Gasteiger partial charge in [-0.1, -0.05) is 23.7 Å². The van der Waals surface area contributed by atoms with Gasteiger partial charge in [-0.2, -0.15) is 0 Å². The SMILES string of the molecule is CC(Oc1ccccc1Cl)C(=O)Nc1ccc(S(N)(=O)=O)cc1. The number of anilines is 1. The number of nitrogens with two attached hydrogens (primary N) is 1. The van der Waals surface area contributed by atoms with Gasteiger partial charge >= 0.3 is 0 Å². The number of carbonyl (C=O) groups excluding carboxylic acids is 1. The van der Waals surface area contributed by atoms with E-state index in [0.717, 1.165) is 0 Å². The van der Waals surface area contributed by atoms with Crippen LogP contribution < -0.4 is 15.2 Å². The number of rotatable bonds is 5. The van der Waals surface area contributed by atoms with Crippen molar-refractivity contribution < 1.29 is 17.9 Å². The normalized spacial score (nSPS) is 12.5. The predicted molar refractivity (Wildman–Crippen MR) is 88.0 cm³/mol. The van der Waals surface area contributed by atoms with Crippen molar-refractivity contribution in [1.82, 2.24) is 0 Å². The first kappa shape index (κ1) is 17.3. The third kappa shape index (κ3) is 4.69. The predicted octanol–water partition coefficient (Wildman–Crippen LogP) is 2.39. The van der Waals surface area contributed by atoms with Gasteiger partial charge in [0, 0.05) is 5.69 Å². The number of nitrogens with one attached hydrogen (secondary N) is 1. The lowest BCUT2D eigenvalue weighted by atomic mass is 10.3. The molecular formula is C15H15ClN2O4S. The van der Waals surface area contributed by atoms with Crippen molar-refractivity contribution in [2.24, 2.45) is 5.14 Å². The van der Waals surface area contributed by atoms with Gasteiger partial charge in [-0.15, -0.1) is 0 Å². The molecule has 0 aliphatic rings. The number of hydrogen-bond acceptors (Lipinski definition) is 4. The lowest BCUT2D eigenvalue weighted by Gasteiger charge is -2.15. The number of para-hydroxylation sites is 1. The molecule has 2 rings (SSSR count). The number of ether oxygens (including phenoxy) is 1. The van der Waals surface area contributed by atoms with Gasteiger partial charge in [0.15, 0.2) is 6.10 Å². The summed E-state index contributed by atoms with van der Waals surface area (Å²) in [5, 5.41) is 8.03. The molecule has 0 bridgehead atoms. The quantitative estimate of drug-likeness (QED) is 0.861. The topological polar surface area (TPSA) is 98.5 Å². The number of carbonyl (C=O) groups is 1. The van der Waals surface area contributed by atoms with E-state index in [9.17, 15) is 13.2 Å². The zero-order valence-corrected chi connectivity index (χ0v) is 13.8. The van der Waals surface area contributed by atoms with Crippen LogP contribution in [0.25, 0.3) is 0 Å². The van der Waals surface area contributed by atoms with E-state index >= 15 is 0 Å². The maximum absolute atomic E-state index is 12.1. The van der Waals surface area contributed by atoms with E-state index in [1.165, 1.54) is 24.3 Å².